The van der Waals surface area contributed by atoms with Crippen molar-refractivity contribution in [1.82, 2.24) is 5.32 Å². The zero-order valence-corrected chi connectivity index (χ0v) is 16.0. The van der Waals surface area contributed by atoms with Crippen molar-refractivity contribution in [3.63, 3.8) is 0 Å². The Hall–Kier alpha value is -2.95. The van der Waals surface area contributed by atoms with Crippen LogP contribution in [0.15, 0.2) is 42.5 Å². The van der Waals surface area contributed by atoms with Gasteiger partial charge in [-0.25, -0.2) is 0 Å². The van der Waals surface area contributed by atoms with E-state index < -0.39 is 0 Å². The summed E-state index contributed by atoms with van der Waals surface area (Å²) in [6.07, 6.45) is 4.35. The van der Waals surface area contributed by atoms with Gasteiger partial charge in [0.2, 0.25) is 5.91 Å². The van der Waals surface area contributed by atoms with E-state index in [2.05, 4.69) is 5.32 Å². The molecule has 1 atom stereocenters. The quantitative estimate of drug-likeness (QED) is 0.758. The van der Waals surface area contributed by atoms with Crippen molar-refractivity contribution < 1.29 is 19.0 Å². The average molecular weight is 367 g/mol. The number of carbonyl (C=O) groups is 1. The number of hydrogen-bond acceptors (Lipinski definition) is 4. The third kappa shape index (κ3) is 4.82. The van der Waals surface area contributed by atoms with Gasteiger partial charge in [0, 0.05) is 30.2 Å². The number of benzene rings is 2. The molecule has 27 heavy (non-hydrogen) atoms. The molecule has 0 saturated heterocycles. The van der Waals surface area contributed by atoms with E-state index in [0.717, 1.165) is 40.4 Å². The van der Waals surface area contributed by atoms with Crippen molar-refractivity contribution in [2.24, 2.45) is 0 Å². The number of methoxy groups -OCH3 is 1. The molecule has 1 aliphatic heterocycles. The molecule has 0 aliphatic carbocycles. The lowest BCUT2D eigenvalue weighted by Gasteiger charge is -2.13. The van der Waals surface area contributed by atoms with E-state index in [0.29, 0.717) is 13.2 Å². The monoisotopic (exact) mass is 367 g/mol. The Bertz CT molecular complexity index is 827. The molecule has 1 heterocycles. The molecule has 0 saturated carbocycles. The van der Waals surface area contributed by atoms with Gasteiger partial charge < -0.3 is 19.5 Å². The molecule has 5 nitrogen and oxygen atoms in total. The van der Waals surface area contributed by atoms with E-state index in [1.54, 1.807) is 13.2 Å². The highest BCUT2D eigenvalue weighted by atomic mass is 16.5. The van der Waals surface area contributed by atoms with E-state index >= 15 is 0 Å². The molecular formula is C22H25NO4. The number of carbonyl (C=O) groups excluding carboxylic acids is 1. The van der Waals surface area contributed by atoms with Gasteiger partial charge in [0.15, 0.2) is 0 Å². The molecule has 1 N–H and O–H groups in total. The molecule has 1 aliphatic rings. The lowest BCUT2D eigenvalue weighted by molar-refractivity contribution is -0.116. The molecule has 1 amide bonds. The van der Waals surface area contributed by atoms with Crippen molar-refractivity contribution in [3.8, 4) is 17.2 Å². The molecule has 2 aromatic carbocycles. The molecule has 0 bridgehead atoms. The first-order chi connectivity index (χ1) is 13.1. The Labute approximate surface area is 159 Å². The lowest BCUT2D eigenvalue weighted by atomic mass is 10.1. The average Bonchev–Trinajstić information content (AvgIpc) is 3.04. The van der Waals surface area contributed by atoms with E-state index in [1.807, 2.05) is 50.2 Å². The first-order valence-corrected chi connectivity index (χ1v) is 9.14. The van der Waals surface area contributed by atoms with Crippen LogP contribution in [0.2, 0.25) is 0 Å². The van der Waals surface area contributed by atoms with Crippen LogP contribution in [0.5, 0.6) is 17.2 Å². The second-order valence-corrected chi connectivity index (χ2v) is 6.46. The van der Waals surface area contributed by atoms with E-state index in [-0.39, 0.29) is 12.0 Å². The van der Waals surface area contributed by atoms with E-state index in [4.69, 9.17) is 14.2 Å². The molecular weight excluding hydrogens is 342 g/mol. The van der Waals surface area contributed by atoms with Crippen molar-refractivity contribution >= 4 is 12.0 Å². The topological polar surface area (TPSA) is 56.8 Å². The zero-order chi connectivity index (χ0) is 19.2. The molecule has 3 rings (SSSR count). The van der Waals surface area contributed by atoms with Gasteiger partial charge in [0.25, 0.3) is 0 Å². The molecule has 2 aromatic rings. The molecule has 0 aromatic heterocycles. The van der Waals surface area contributed by atoms with Crippen LogP contribution in [-0.4, -0.2) is 25.7 Å². The number of rotatable bonds is 7. The van der Waals surface area contributed by atoms with Gasteiger partial charge in [-0.05, 0) is 49.8 Å². The minimum Gasteiger partial charge on any atom is -0.497 e. The highest BCUT2D eigenvalue weighted by molar-refractivity contribution is 5.91. The number of nitrogens with one attached hydrogen (secondary N) is 1. The highest BCUT2D eigenvalue weighted by Crippen LogP contribution is 2.35. The fourth-order valence-corrected chi connectivity index (χ4v) is 3.04. The van der Waals surface area contributed by atoms with Crippen molar-refractivity contribution in [3.05, 3.63) is 59.2 Å². The second-order valence-electron chi connectivity index (χ2n) is 6.46. The molecule has 0 spiro atoms. The van der Waals surface area contributed by atoms with Crippen LogP contribution in [0.3, 0.4) is 0 Å². The summed E-state index contributed by atoms with van der Waals surface area (Å²) in [4.78, 5) is 12.2. The maximum Gasteiger partial charge on any atom is 0.244 e. The number of fused-ring (bicyclic) bond motifs is 1. The Morgan fingerprint density at radius 2 is 2.07 bits per heavy atom. The number of hydrogen-bond donors (Lipinski definition) is 1. The van der Waals surface area contributed by atoms with Gasteiger partial charge >= 0.3 is 0 Å². The Balaban J connectivity index is 1.64. The molecule has 0 fully saturated rings. The Morgan fingerprint density at radius 3 is 2.78 bits per heavy atom. The molecule has 0 radical (unpaired) electrons. The molecule has 142 valence electrons. The second kappa shape index (κ2) is 8.62. The summed E-state index contributed by atoms with van der Waals surface area (Å²) in [7, 11) is 1.62. The lowest BCUT2D eigenvalue weighted by Crippen LogP contribution is -2.20. The van der Waals surface area contributed by atoms with Gasteiger partial charge in [-0.15, -0.1) is 0 Å². The maximum atomic E-state index is 12.2. The Morgan fingerprint density at radius 1 is 1.30 bits per heavy atom. The van der Waals surface area contributed by atoms with Gasteiger partial charge in [0.1, 0.15) is 23.4 Å². The summed E-state index contributed by atoms with van der Waals surface area (Å²) < 4.78 is 16.7. The SMILES string of the molecule is CCOc1cc2c(cc1CNC(=O)/C=C/c1ccc(OC)cc1)O[C@H](C)C2. The van der Waals surface area contributed by atoms with Crippen molar-refractivity contribution in [1.29, 1.82) is 0 Å². The fourth-order valence-electron chi connectivity index (χ4n) is 3.04. The predicted octanol–water partition coefficient (Wildman–Crippen LogP) is 3.75. The molecule has 5 heteroatoms. The Kier molecular flexibility index (Phi) is 6.01. The van der Waals surface area contributed by atoms with Crippen LogP contribution in [0, 0.1) is 0 Å². The van der Waals surface area contributed by atoms with Crippen LogP contribution in [0.25, 0.3) is 6.08 Å². The van der Waals surface area contributed by atoms with Gasteiger partial charge in [-0.3, -0.25) is 4.79 Å². The van der Waals surface area contributed by atoms with Crippen molar-refractivity contribution in [2.45, 2.75) is 32.9 Å². The minimum absolute atomic E-state index is 0.164. The molecule has 0 unspecified atom stereocenters. The van der Waals surface area contributed by atoms with Crippen molar-refractivity contribution in [2.75, 3.05) is 13.7 Å². The first kappa shape index (κ1) is 18.8. The van der Waals surface area contributed by atoms with Gasteiger partial charge in [-0.1, -0.05) is 12.1 Å². The van der Waals surface area contributed by atoms with Crippen LogP contribution in [-0.2, 0) is 17.8 Å². The summed E-state index contributed by atoms with van der Waals surface area (Å²) in [6, 6.07) is 11.5. The fraction of sp³-hybridized carbons (Fsp3) is 0.318. The normalized spacial score (nSPS) is 15.3. The summed E-state index contributed by atoms with van der Waals surface area (Å²) in [5, 5.41) is 2.91. The third-order valence-corrected chi connectivity index (χ3v) is 4.38. The summed E-state index contributed by atoms with van der Waals surface area (Å²) in [6.45, 7) is 4.96. The van der Waals surface area contributed by atoms with E-state index in [1.165, 1.54) is 6.08 Å². The standard InChI is InChI=1S/C22H25NO4/c1-4-26-20-12-17-11-15(2)27-21(17)13-18(20)14-23-22(24)10-7-16-5-8-19(25-3)9-6-16/h5-10,12-13,15H,4,11,14H2,1-3H3,(H,23,24)/b10-7+/t15-/m1/s1. The first-order valence-electron chi connectivity index (χ1n) is 9.14. The van der Waals surface area contributed by atoms with Crippen LogP contribution in [0.1, 0.15) is 30.5 Å². The third-order valence-electron chi connectivity index (χ3n) is 4.38. The summed E-state index contributed by atoms with van der Waals surface area (Å²) in [5.41, 5.74) is 3.00. The number of amides is 1. The maximum absolute atomic E-state index is 12.2. The number of ether oxygens (including phenoxy) is 3. The largest absolute Gasteiger partial charge is 0.497 e. The smallest absolute Gasteiger partial charge is 0.244 e. The highest BCUT2D eigenvalue weighted by Gasteiger charge is 2.21. The zero-order valence-electron chi connectivity index (χ0n) is 16.0. The van der Waals surface area contributed by atoms with Crippen LogP contribution in [0.4, 0.5) is 0 Å². The van der Waals surface area contributed by atoms with Gasteiger partial charge in [0.05, 0.1) is 13.7 Å². The van der Waals surface area contributed by atoms with Gasteiger partial charge in [-0.2, -0.15) is 0 Å². The predicted molar refractivity (Wildman–Crippen MR) is 105 cm³/mol. The summed E-state index contributed by atoms with van der Waals surface area (Å²) in [5.74, 6) is 2.30. The van der Waals surface area contributed by atoms with Crippen LogP contribution < -0.4 is 19.5 Å². The van der Waals surface area contributed by atoms with E-state index in [9.17, 15) is 4.79 Å². The summed E-state index contributed by atoms with van der Waals surface area (Å²) >= 11 is 0. The van der Waals surface area contributed by atoms with Crippen LogP contribution >= 0.6 is 0 Å². The minimum atomic E-state index is -0.164.